The van der Waals surface area contributed by atoms with E-state index in [0.717, 1.165) is 36.8 Å². The van der Waals surface area contributed by atoms with E-state index in [4.69, 9.17) is 9.47 Å². The topological polar surface area (TPSA) is 90.6 Å². The summed E-state index contributed by atoms with van der Waals surface area (Å²) in [5.74, 6) is -0.542. The van der Waals surface area contributed by atoms with Gasteiger partial charge in [0.2, 0.25) is 0 Å². The first-order valence-electron chi connectivity index (χ1n) is 18.0. The van der Waals surface area contributed by atoms with Crippen LogP contribution in [-0.2, 0) is 29.9 Å². The van der Waals surface area contributed by atoms with Gasteiger partial charge in [-0.15, -0.1) is 24.8 Å². The van der Waals surface area contributed by atoms with Gasteiger partial charge in [-0.25, -0.2) is 9.59 Å². The van der Waals surface area contributed by atoms with Gasteiger partial charge in [-0.1, -0.05) is 103 Å². The van der Waals surface area contributed by atoms with Crippen molar-refractivity contribution in [1.82, 2.24) is 9.80 Å². The lowest BCUT2D eigenvalue weighted by molar-refractivity contribution is -0.146. The monoisotopic (exact) mass is 744 g/mol. The Morgan fingerprint density at radius 1 is 0.569 bits per heavy atom. The van der Waals surface area contributed by atoms with Gasteiger partial charge in [0.05, 0.1) is 11.1 Å². The maximum Gasteiger partial charge on any atom is 0.338 e. The number of carbonyl (C=O) groups is 2. The zero-order valence-corrected chi connectivity index (χ0v) is 33.6. The van der Waals surface area contributed by atoms with Gasteiger partial charge in [0, 0.05) is 49.9 Å². The lowest BCUT2D eigenvalue weighted by atomic mass is 9.86. The van der Waals surface area contributed by atoms with Crippen LogP contribution in [0.4, 0.5) is 0 Å². The molecule has 0 saturated carbocycles. The first-order valence-corrected chi connectivity index (χ1v) is 18.0. The van der Waals surface area contributed by atoms with Gasteiger partial charge in [-0.05, 0) is 72.9 Å². The molecule has 6 rings (SSSR count). The van der Waals surface area contributed by atoms with Gasteiger partial charge in [-0.3, -0.25) is 0 Å². The van der Waals surface area contributed by atoms with Crippen LogP contribution < -0.4 is 0 Å². The predicted octanol–water partition coefficient (Wildman–Crippen LogP) is 8.35. The SMILES string of the molecule is C=C(C(=O)OC1CC2CCC(C1)N2C)c1ccc(C(C)(C)C)cc1.C=C(C(=O)OC1CC2CCC(C1)N2C)c1ccc(C(C)(C)C)cc1.Cl.Cl.O. The van der Waals surface area contributed by atoms with Crippen LogP contribution in [0, 0.1) is 0 Å². The summed E-state index contributed by atoms with van der Waals surface area (Å²) in [5, 5.41) is 0. The Labute approximate surface area is 319 Å². The highest BCUT2D eigenvalue weighted by molar-refractivity contribution is 6.16. The fourth-order valence-corrected chi connectivity index (χ4v) is 7.94. The standard InChI is InChI=1S/2C21H29NO2.2ClH.H2O/c2*1-14(15-6-8-16(9-7-15)21(2,3)4)20(23)24-19-12-17-10-11-18(13-19)22(17)5;;;/h2*6-9,17-19H,1,10-13H2,2-5H3;2*1H;1H2. The molecule has 0 spiro atoms. The molecule has 4 heterocycles. The number of esters is 2. The number of nitrogens with zero attached hydrogens (tertiary/aromatic N) is 2. The summed E-state index contributed by atoms with van der Waals surface area (Å²) in [5.41, 5.74) is 5.33. The second-order valence-electron chi connectivity index (χ2n) is 16.7. The maximum absolute atomic E-state index is 12.5. The summed E-state index contributed by atoms with van der Waals surface area (Å²) in [7, 11) is 4.38. The number of piperidine rings is 2. The molecule has 4 atom stereocenters. The minimum absolute atomic E-state index is 0. The normalized spacial score (nSPS) is 25.5. The Balaban J connectivity index is 0.000000334. The van der Waals surface area contributed by atoms with E-state index in [9.17, 15) is 9.59 Å². The molecule has 4 aliphatic heterocycles. The van der Waals surface area contributed by atoms with Crippen molar-refractivity contribution in [3.8, 4) is 0 Å². The Morgan fingerprint density at radius 2 is 0.824 bits per heavy atom. The highest BCUT2D eigenvalue weighted by Crippen LogP contribution is 2.37. The van der Waals surface area contributed by atoms with Crippen LogP contribution in [0.5, 0.6) is 0 Å². The molecule has 4 unspecified atom stereocenters. The molecule has 284 valence electrons. The largest absolute Gasteiger partial charge is 0.459 e. The molecule has 0 aromatic heterocycles. The van der Waals surface area contributed by atoms with E-state index in [1.165, 1.54) is 36.8 Å². The van der Waals surface area contributed by atoms with Crippen LogP contribution in [0.3, 0.4) is 0 Å². The van der Waals surface area contributed by atoms with Crippen molar-refractivity contribution in [3.63, 3.8) is 0 Å². The predicted molar refractivity (Wildman–Crippen MR) is 214 cm³/mol. The average molecular weight is 746 g/mol. The van der Waals surface area contributed by atoms with Crippen LogP contribution in [0.1, 0.15) is 115 Å². The molecule has 4 bridgehead atoms. The van der Waals surface area contributed by atoms with E-state index < -0.39 is 0 Å². The number of halogens is 2. The molecular weight excluding hydrogens is 683 g/mol. The van der Waals surface area contributed by atoms with Crippen molar-refractivity contribution in [1.29, 1.82) is 0 Å². The van der Waals surface area contributed by atoms with E-state index in [1.807, 2.05) is 24.3 Å². The van der Waals surface area contributed by atoms with Gasteiger partial charge in [0.1, 0.15) is 12.2 Å². The average Bonchev–Trinajstić information content (AvgIpc) is 3.35. The van der Waals surface area contributed by atoms with Gasteiger partial charge < -0.3 is 24.7 Å². The first kappa shape index (κ1) is 44.5. The third-order valence-corrected chi connectivity index (χ3v) is 11.3. The quantitative estimate of drug-likeness (QED) is 0.218. The van der Waals surface area contributed by atoms with Crippen molar-refractivity contribution in [2.45, 2.75) is 140 Å². The van der Waals surface area contributed by atoms with Crippen LogP contribution in [0.25, 0.3) is 11.1 Å². The van der Waals surface area contributed by atoms with Crippen molar-refractivity contribution in [2.24, 2.45) is 0 Å². The molecule has 0 amide bonds. The molecule has 4 fully saturated rings. The zero-order valence-electron chi connectivity index (χ0n) is 32.0. The van der Waals surface area contributed by atoms with Crippen LogP contribution in [0.15, 0.2) is 61.7 Å². The van der Waals surface area contributed by atoms with Gasteiger partial charge >= 0.3 is 11.9 Å². The second-order valence-corrected chi connectivity index (χ2v) is 16.7. The van der Waals surface area contributed by atoms with Crippen molar-refractivity contribution in [3.05, 3.63) is 83.9 Å². The number of hydrogen-bond acceptors (Lipinski definition) is 6. The summed E-state index contributed by atoms with van der Waals surface area (Å²) in [6.45, 7) is 21.0. The maximum atomic E-state index is 12.5. The van der Waals surface area contributed by atoms with Gasteiger partial charge in [0.15, 0.2) is 0 Å². The van der Waals surface area contributed by atoms with Gasteiger partial charge in [-0.2, -0.15) is 0 Å². The number of benzene rings is 2. The fourth-order valence-electron chi connectivity index (χ4n) is 7.94. The van der Waals surface area contributed by atoms with Crippen LogP contribution >= 0.6 is 24.8 Å². The summed E-state index contributed by atoms with van der Waals surface area (Å²) in [4.78, 5) is 29.8. The molecule has 2 aromatic carbocycles. The smallest absolute Gasteiger partial charge is 0.338 e. The molecule has 7 nitrogen and oxygen atoms in total. The number of ether oxygens (including phenoxy) is 2. The highest BCUT2D eigenvalue weighted by atomic mass is 35.5. The fraction of sp³-hybridized carbons (Fsp3) is 0.571. The van der Waals surface area contributed by atoms with E-state index in [-0.39, 0.29) is 65.3 Å². The Morgan fingerprint density at radius 3 is 1.06 bits per heavy atom. The number of rotatable bonds is 6. The van der Waals surface area contributed by atoms with Crippen molar-refractivity contribution >= 4 is 47.9 Å². The molecule has 2 aromatic rings. The minimum Gasteiger partial charge on any atom is -0.459 e. The molecule has 2 N–H and O–H groups in total. The van der Waals surface area contributed by atoms with E-state index in [0.29, 0.717) is 35.3 Å². The Kier molecular flexibility index (Phi) is 15.6. The number of fused-ring (bicyclic) bond motifs is 4. The lowest BCUT2D eigenvalue weighted by Gasteiger charge is -2.35. The molecule has 0 radical (unpaired) electrons. The van der Waals surface area contributed by atoms with Crippen molar-refractivity contribution < 1.29 is 24.5 Å². The van der Waals surface area contributed by atoms with Gasteiger partial charge in [0.25, 0.3) is 0 Å². The highest BCUT2D eigenvalue weighted by Gasteiger charge is 2.41. The zero-order chi connectivity index (χ0) is 35.0. The summed E-state index contributed by atoms with van der Waals surface area (Å²) in [6.07, 6.45) is 8.80. The van der Waals surface area contributed by atoms with Crippen LogP contribution in [0.2, 0.25) is 0 Å². The third-order valence-electron chi connectivity index (χ3n) is 11.3. The summed E-state index contributed by atoms with van der Waals surface area (Å²) >= 11 is 0. The molecule has 51 heavy (non-hydrogen) atoms. The van der Waals surface area contributed by atoms with E-state index in [2.05, 4.69) is 103 Å². The summed E-state index contributed by atoms with van der Waals surface area (Å²) < 4.78 is 11.5. The van der Waals surface area contributed by atoms with Crippen LogP contribution in [-0.4, -0.2) is 77.7 Å². The number of carbonyl (C=O) groups excluding carboxylic acids is 2. The third kappa shape index (κ3) is 10.7. The minimum atomic E-state index is -0.271. The van der Waals surface area contributed by atoms with Crippen molar-refractivity contribution in [2.75, 3.05) is 14.1 Å². The molecule has 4 saturated heterocycles. The molecule has 4 aliphatic rings. The molecule has 9 heteroatoms. The Bertz CT molecular complexity index is 1350. The molecule has 0 aliphatic carbocycles. The summed E-state index contributed by atoms with van der Waals surface area (Å²) in [6, 6.07) is 18.5. The van der Waals surface area contributed by atoms with E-state index in [1.54, 1.807) is 0 Å². The Hall–Kier alpha value is -2.68. The lowest BCUT2D eigenvalue weighted by Crippen LogP contribution is -2.43. The number of hydrogen-bond donors (Lipinski definition) is 0. The first-order chi connectivity index (χ1) is 22.5. The van der Waals surface area contributed by atoms with E-state index >= 15 is 0 Å². The molecular formula is C42H62Cl2N2O5. The second kappa shape index (κ2) is 17.9.